The Kier molecular flexibility index (Phi) is 6.16. The number of nitrogens with two attached hydrogens (primary N) is 1. The summed E-state index contributed by atoms with van der Waals surface area (Å²) < 4.78 is 5.18. The lowest BCUT2D eigenvalue weighted by Gasteiger charge is -2.26. The molecular weight excluding hydrogens is 224 g/mol. The molecule has 0 saturated carbocycles. The van der Waals surface area contributed by atoms with Crippen LogP contribution in [-0.2, 0) is 5.41 Å². The van der Waals surface area contributed by atoms with Crippen LogP contribution < -0.4 is 15.8 Å². The van der Waals surface area contributed by atoms with Crippen molar-refractivity contribution in [1.82, 2.24) is 5.32 Å². The molecule has 0 saturated heterocycles. The van der Waals surface area contributed by atoms with Gasteiger partial charge in [0.2, 0.25) is 0 Å². The molecular formula is C15H26N2O. The zero-order valence-electron chi connectivity index (χ0n) is 11.8. The lowest BCUT2D eigenvalue weighted by atomic mass is 9.84. The van der Waals surface area contributed by atoms with Gasteiger partial charge in [-0.05, 0) is 43.6 Å². The Bertz CT molecular complexity index is 333. The van der Waals surface area contributed by atoms with Gasteiger partial charge in [-0.25, -0.2) is 0 Å². The fraction of sp³-hybridized carbons (Fsp3) is 0.600. The highest BCUT2D eigenvalue weighted by atomic mass is 16.5. The summed E-state index contributed by atoms with van der Waals surface area (Å²) in [5.74, 6) is 0.908. The summed E-state index contributed by atoms with van der Waals surface area (Å²) in [5.41, 5.74) is 6.94. The van der Waals surface area contributed by atoms with E-state index in [0.717, 1.165) is 38.2 Å². The van der Waals surface area contributed by atoms with Crippen molar-refractivity contribution in [1.29, 1.82) is 0 Å². The molecule has 18 heavy (non-hydrogen) atoms. The quantitative estimate of drug-likeness (QED) is 0.696. The van der Waals surface area contributed by atoms with Crippen molar-refractivity contribution in [3.05, 3.63) is 29.8 Å². The minimum Gasteiger partial charge on any atom is -0.497 e. The van der Waals surface area contributed by atoms with Crippen LogP contribution in [0.1, 0.15) is 32.3 Å². The van der Waals surface area contributed by atoms with Crippen LogP contribution in [-0.4, -0.2) is 26.7 Å². The van der Waals surface area contributed by atoms with E-state index in [1.807, 2.05) is 12.1 Å². The van der Waals surface area contributed by atoms with E-state index in [-0.39, 0.29) is 5.41 Å². The molecule has 0 aliphatic heterocycles. The number of rotatable bonds is 8. The number of hydrogen-bond acceptors (Lipinski definition) is 3. The molecule has 0 aliphatic rings. The molecule has 3 N–H and O–H groups in total. The summed E-state index contributed by atoms with van der Waals surface area (Å²) in [4.78, 5) is 0. The van der Waals surface area contributed by atoms with Crippen LogP contribution in [0.15, 0.2) is 24.3 Å². The molecule has 0 bridgehead atoms. The molecule has 0 amide bonds. The van der Waals surface area contributed by atoms with Crippen LogP contribution in [0, 0.1) is 0 Å². The molecule has 102 valence electrons. The third-order valence-electron chi connectivity index (χ3n) is 3.25. The Balaban J connectivity index is 2.45. The van der Waals surface area contributed by atoms with Gasteiger partial charge in [0.1, 0.15) is 5.75 Å². The fourth-order valence-electron chi connectivity index (χ4n) is 1.94. The van der Waals surface area contributed by atoms with Gasteiger partial charge in [0.25, 0.3) is 0 Å². The van der Waals surface area contributed by atoms with Crippen LogP contribution in [0.4, 0.5) is 0 Å². The predicted molar refractivity (Wildman–Crippen MR) is 77.2 cm³/mol. The Morgan fingerprint density at radius 2 is 1.83 bits per heavy atom. The fourth-order valence-corrected chi connectivity index (χ4v) is 1.94. The molecule has 0 heterocycles. The molecule has 3 heteroatoms. The molecule has 0 spiro atoms. The number of unbranched alkanes of at least 4 members (excludes halogenated alkanes) is 1. The van der Waals surface area contributed by atoms with Gasteiger partial charge in [0.05, 0.1) is 7.11 Å². The van der Waals surface area contributed by atoms with E-state index < -0.39 is 0 Å². The Labute approximate surface area is 111 Å². The van der Waals surface area contributed by atoms with E-state index in [1.165, 1.54) is 5.56 Å². The van der Waals surface area contributed by atoms with Gasteiger partial charge in [0, 0.05) is 12.0 Å². The molecule has 0 aliphatic carbocycles. The van der Waals surface area contributed by atoms with Gasteiger partial charge in [-0.1, -0.05) is 26.0 Å². The van der Waals surface area contributed by atoms with Crippen molar-refractivity contribution in [2.75, 3.05) is 26.7 Å². The number of ether oxygens (including phenoxy) is 1. The van der Waals surface area contributed by atoms with Gasteiger partial charge in [-0.2, -0.15) is 0 Å². The van der Waals surface area contributed by atoms with Crippen LogP contribution in [0.25, 0.3) is 0 Å². The number of benzene rings is 1. The maximum atomic E-state index is 5.48. The number of methoxy groups -OCH3 is 1. The predicted octanol–water partition coefficient (Wildman–Crippen LogP) is 2.30. The SMILES string of the molecule is COc1ccc(C(C)(C)CNCCCCN)cc1. The van der Waals surface area contributed by atoms with E-state index in [4.69, 9.17) is 10.5 Å². The van der Waals surface area contributed by atoms with Crippen molar-refractivity contribution >= 4 is 0 Å². The first-order valence-electron chi connectivity index (χ1n) is 6.65. The molecule has 0 aromatic heterocycles. The highest BCUT2D eigenvalue weighted by molar-refractivity contribution is 5.31. The van der Waals surface area contributed by atoms with E-state index in [0.29, 0.717) is 0 Å². The van der Waals surface area contributed by atoms with Crippen molar-refractivity contribution in [2.45, 2.75) is 32.1 Å². The molecule has 3 nitrogen and oxygen atoms in total. The second kappa shape index (κ2) is 7.39. The standard InChI is InChI=1S/C15H26N2O/c1-15(2,12-17-11-5-4-10-16)13-6-8-14(18-3)9-7-13/h6-9,17H,4-5,10-12,16H2,1-3H3. The van der Waals surface area contributed by atoms with Crippen LogP contribution >= 0.6 is 0 Å². The topological polar surface area (TPSA) is 47.3 Å². The molecule has 1 rings (SSSR count). The molecule has 1 aromatic carbocycles. The minimum absolute atomic E-state index is 0.134. The van der Waals surface area contributed by atoms with E-state index in [9.17, 15) is 0 Å². The van der Waals surface area contributed by atoms with Gasteiger partial charge >= 0.3 is 0 Å². The van der Waals surface area contributed by atoms with Crippen LogP contribution in [0.5, 0.6) is 5.75 Å². The lowest BCUT2D eigenvalue weighted by molar-refractivity contribution is 0.413. The average molecular weight is 250 g/mol. The van der Waals surface area contributed by atoms with Gasteiger partial charge in [0.15, 0.2) is 0 Å². The normalized spacial score (nSPS) is 11.6. The first kappa shape index (κ1) is 15.0. The third-order valence-corrected chi connectivity index (χ3v) is 3.25. The molecule has 0 radical (unpaired) electrons. The third kappa shape index (κ3) is 4.67. The zero-order valence-corrected chi connectivity index (χ0v) is 11.8. The average Bonchev–Trinajstić information content (AvgIpc) is 2.38. The second-order valence-corrected chi connectivity index (χ2v) is 5.28. The molecule has 0 atom stereocenters. The van der Waals surface area contributed by atoms with Crippen molar-refractivity contribution in [3.63, 3.8) is 0 Å². The van der Waals surface area contributed by atoms with Crippen molar-refractivity contribution in [2.24, 2.45) is 5.73 Å². The summed E-state index contributed by atoms with van der Waals surface area (Å²) in [5, 5.41) is 3.50. The maximum Gasteiger partial charge on any atom is 0.118 e. The smallest absolute Gasteiger partial charge is 0.118 e. The summed E-state index contributed by atoms with van der Waals surface area (Å²) in [7, 11) is 1.69. The maximum absolute atomic E-state index is 5.48. The highest BCUT2D eigenvalue weighted by Gasteiger charge is 2.19. The molecule has 0 fully saturated rings. The van der Waals surface area contributed by atoms with Crippen LogP contribution in [0.3, 0.4) is 0 Å². The summed E-state index contributed by atoms with van der Waals surface area (Å²) in [6, 6.07) is 8.32. The monoisotopic (exact) mass is 250 g/mol. The van der Waals surface area contributed by atoms with Gasteiger partial charge in [-0.3, -0.25) is 0 Å². The van der Waals surface area contributed by atoms with E-state index >= 15 is 0 Å². The molecule has 0 unspecified atom stereocenters. The van der Waals surface area contributed by atoms with Gasteiger partial charge in [-0.15, -0.1) is 0 Å². The Morgan fingerprint density at radius 3 is 2.39 bits per heavy atom. The lowest BCUT2D eigenvalue weighted by Crippen LogP contribution is -2.33. The van der Waals surface area contributed by atoms with Crippen molar-refractivity contribution in [3.8, 4) is 5.75 Å². The van der Waals surface area contributed by atoms with E-state index in [1.54, 1.807) is 7.11 Å². The van der Waals surface area contributed by atoms with Crippen LogP contribution in [0.2, 0.25) is 0 Å². The number of hydrogen-bond donors (Lipinski definition) is 2. The second-order valence-electron chi connectivity index (χ2n) is 5.28. The first-order valence-corrected chi connectivity index (χ1v) is 6.65. The highest BCUT2D eigenvalue weighted by Crippen LogP contribution is 2.24. The zero-order chi connectivity index (χ0) is 13.4. The summed E-state index contributed by atoms with van der Waals surface area (Å²) in [6.45, 7) is 7.31. The minimum atomic E-state index is 0.134. The summed E-state index contributed by atoms with van der Waals surface area (Å²) in [6.07, 6.45) is 2.24. The van der Waals surface area contributed by atoms with E-state index in [2.05, 4.69) is 31.3 Å². The number of nitrogens with one attached hydrogen (secondary N) is 1. The van der Waals surface area contributed by atoms with Gasteiger partial charge < -0.3 is 15.8 Å². The largest absolute Gasteiger partial charge is 0.497 e. The Hall–Kier alpha value is -1.06. The Morgan fingerprint density at radius 1 is 1.17 bits per heavy atom. The summed E-state index contributed by atoms with van der Waals surface area (Å²) >= 11 is 0. The van der Waals surface area contributed by atoms with Crippen molar-refractivity contribution < 1.29 is 4.74 Å². The first-order chi connectivity index (χ1) is 8.60. The molecule has 1 aromatic rings.